The lowest BCUT2D eigenvalue weighted by atomic mass is 9.77. The monoisotopic (exact) mass is 281 g/mol. The highest BCUT2D eigenvalue weighted by molar-refractivity contribution is 6.07. The zero-order valence-corrected chi connectivity index (χ0v) is 12.9. The highest BCUT2D eigenvalue weighted by Gasteiger charge is 2.51. The van der Waals surface area contributed by atoms with Crippen LogP contribution in [-0.4, -0.2) is 42.0 Å². The van der Waals surface area contributed by atoms with Gasteiger partial charge in [0.1, 0.15) is 5.54 Å². The van der Waals surface area contributed by atoms with Gasteiger partial charge in [-0.25, -0.2) is 4.79 Å². The first-order valence-corrected chi connectivity index (χ1v) is 7.83. The third kappa shape index (κ3) is 2.97. The second kappa shape index (κ2) is 6.12. The van der Waals surface area contributed by atoms with Crippen LogP contribution < -0.4 is 10.6 Å². The molecular formula is C15H27N3O2. The van der Waals surface area contributed by atoms with E-state index in [-0.39, 0.29) is 17.9 Å². The number of imide groups is 1. The summed E-state index contributed by atoms with van der Waals surface area (Å²) >= 11 is 0. The van der Waals surface area contributed by atoms with E-state index in [9.17, 15) is 9.59 Å². The number of hydrogen-bond acceptors (Lipinski definition) is 3. The summed E-state index contributed by atoms with van der Waals surface area (Å²) in [6, 6.07) is -0.201. The van der Waals surface area contributed by atoms with Crippen molar-refractivity contribution in [1.82, 2.24) is 15.5 Å². The van der Waals surface area contributed by atoms with Gasteiger partial charge in [-0.05, 0) is 50.6 Å². The van der Waals surface area contributed by atoms with Crippen molar-refractivity contribution in [3.05, 3.63) is 0 Å². The summed E-state index contributed by atoms with van der Waals surface area (Å²) in [5, 5.41) is 6.23. The Kier molecular flexibility index (Phi) is 4.68. The van der Waals surface area contributed by atoms with Crippen LogP contribution in [0.2, 0.25) is 0 Å². The van der Waals surface area contributed by atoms with Crippen molar-refractivity contribution in [2.24, 2.45) is 11.8 Å². The van der Waals surface area contributed by atoms with Gasteiger partial charge >= 0.3 is 6.03 Å². The normalized spacial score (nSPS) is 31.8. The van der Waals surface area contributed by atoms with Crippen molar-refractivity contribution in [2.75, 3.05) is 19.6 Å². The van der Waals surface area contributed by atoms with Crippen molar-refractivity contribution in [2.45, 2.75) is 52.0 Å². The smallest absolute Gasteiger partial charge is 0.323 e. The van der Waals surface area contributed by atoms with Gasteiger partial charge in [0.15, 0.2) is 0 Å². The first-order chi connectivity index (χ1) is 9.48. The van der Waals surface area contributed by atoms with Crippen LogP contribution in [0.1, 0.15) is 46.5 Å². The van der Waals surface area contributed by atoms with E-state index in [2.05, 4.69) is 31.4 Å². The van der Waals surface area contributed by atoms with Crippen LogP contribution in [0.25, 0.3) is 0 Å². The van der Waals surface area contributed by atoms with Gasteiger partial charge in [-0.2, -0.15) is 0 Å². The molecule has 2 fully saturated rings. The maximum atomic E-state index is 12.6. The van der Waals surface area contributed by atoms with Gasteiger partial charge in [-0.3, -0.25) is 9.69 Å². The minimum Gasteiger partial charge on any atom is -0.323 e. The maximum Gasteiger partial charge on any atom is 0.325 e. The van der Waals surface area contributed by atoms with Crippen LogP contribution in [0.4, 0.5) is 4.79 Å². The standard InChI is InChI=1S/C15H27N3O2/c1-4-16-9-12(3)10-18-13(19)15(17-14(18)20)7-5-11(2)6-8-15/h11-12,16H,4-10H2,1-3H3,(H,17,20). The van der Waals surface area contributed by atoms with Crippen LogP contribution >= 0.6 is 0 Å². The molecule has 2 rings (SSSR count). The molecule has 1 atom stereocenters. The van der Waals surface area contributed by atoms with Crippen molar-refractivity contribution in [1.29, 1.82) is 0 Å². The van der Waals surface area contributed by atoms with Crippen LogP contribution in [0.15, 0.2) is 0 Å². The predicted octanol–water partition coefficient (Wildman–Crippen LogP) is 1.73. The molecule has 0 aromatic carbocycles. The molecule has 5 heteroatoms. The van der Waals surface area contributed by atoms with E-state index >= 15 is 0 Å². The Morgan fingerprint density at radius 2 is 2.05 bits per heavy atom. The lowest BCUT2D eigenvalue weighted by Crippen LogP contribution is -2.49. The number of urea groups is 1. The summed E-state index contributed by atoms with van der Waals surface area (Å²) in [5.41, 5.74) is -0.596. The number of hydrogen-bond donors (Lipinski definition) is 2. The molecule has 1 aliphatic heterocycles. The zero-order chi connectivity index (χ0) is 14.8. The Balaban J connectivity index is 1.98. The number of rotatable bonds is 5. The third-order valence-corrected chi connectivity index (χ3v) is 4.61. The lowest BCUT2D eigenvalue weighted by molar-refractivity contribution is -0.133. The van der Waals surface area contributed by atoms with Crippen molar-refractivity contribution in [3.63, 3.8) is 0 Å². The maximum absolute atomic E-state index is 12.6. The molecule has 1 aliphatic carbocycles. The Labute approximate surface area is 121 Å². The minimum atomic E-state index is -0.596. The molecular weight excluding hydrogens is 254 g/mol. The Bertz CT molecular complexity index is 375. The van der Waals surface area contributed by atoms with Crippen molar-refractivity contribution >= 4 is 11.9 Å². The van der Waals surface area contributed by atoms with Crippen LogP contribution in [0.5, 0.6) is 0 Å². The molecule has 0 aromatic rings. The molecule has 1 saturated heterocycles. The Hall–Kier alpha value is -1.10. The van der Waals surface area contributed by atoms with E-state index in [1.807, 2.05) is 0 Å². The van der Waals surface area contributed by atoms with Crippen LogP contribution in [0, 0.1) is 11.8 Å². The van der Waals surface area contributed by atoms with E-state index in [1.54, 1.807) is 0 Å². The van der Waals surface area contributed by atoms with E-state index in [4.69, 9.17) is 0 Å². The van der Waals surface area contributed by atoms with Crippen LogP contribution in [0.3, 0.4) is 0 Å². The van der Waals surface area contributed by atoms with Crippen molar-refractivity contribution < 1.29 is 9.59 Å². The first kappa shape index (κ1) is 15.3. The number of nitrogens with zero attached hydrogens (tertiary/aromatic N) is 1. The molecule has 2 aliphatic rings. The van der Waals surface area contributed by atoms with Gasteiger partial charge in [0, 0.05) is 6.54 Å². The van der Waals surface area contributed by atoms with Gasteiger partial charge < -0.3 is 10.6 Å². The molecule has 1 saturated carbocycles. The van der Waals surface area contributed by atoms with E-state index in [0.29, 0.717) is 12.5 Å². The van der Waals surface area contributed by atoms with Gasteiger partial charge in [0.25, 0.3) is 5.91 Å². The number of carbonyl (C=O) groups excluding carboxylic acids is 2. The molecule has 20 heavy (non-hydrogen) atoms. The summed E-state index contributed by atoms with van der Waals surface area (Å²) in [5.74, 6) is 0.937. The Morgan fingerprint density at radius 3 is 2.65 bits per heavy atom. The molecule has 1 heterocycles. The highest BCUT2D eigenvalue weighted by atomic mass is 16.2. The minimum absolute atomic E-state index is 0.00208. The number of carbonyl (C=O) groups is 2. The van der Waals surface area contributed by atoms with Crippen LogP contribution in [-0.2, 0) is 4.79 Å². The van der Waals surface area contributed by atoms with E-state index in [1.165, 1.54) is 4.90 Å². The predicted molar refractivity (Wildman–Crippen MR) is 78.3 cm³/mol. The highest BCUT2D eigenvalue weighted by Crippen LogP contribution is 2.36. The average Bonchev–Trinajstić information content (AvgIpc) is 2.65. The molecule has 0 aromatic heterocycles. The van der Waals surface area contributed by atoms with Crippen molar-refractivity contribution in [3.8, 4) is 0 Å². The Morgan fingerprint density at radius 1 is 1.40 bits per heavy atom. The fraction of sp³-hybridized carbons (Fsp3) is 0.867. The topological polar surface area (TPSA) is 61.4 Å². The van der Waals surface area contributed by atoms with Gasteiger partial charge in [0.05, 0.1) is 0 Å². The molecule has 2 N–H and O–H groups in total. The molecule has 3 amide bonds. The average molecular weight is 281 g/mol. The summed E-state index contributed by atoms with van der Waals surface area (Å²) < 4.78 is 0. The number of nitrogens with one attached hydrogen (secondary N) is 2. The molecule has 0 radical (unpaired) electrons. The van der Waals surface area contributed by atoms with Gasteiger partial charge in [-0.1, -0.05) is 20.8 Å². The molecule has 5 nitrogen and oxygen atoms in total. The quantitative estimate of drug-likeness (QED) is 0.755. The van der Waals surface area contributed by atoms with E-state index in [0.717, 1.165) is 38.8 Å². The number of amides is 3. The fourth-order valence-electron chi connectivity index (χ4n) is 3.20. The summed E-state index contributed by atoms with van der Waals surface area (Å²) in [6.45, 7) is 8.58. The first-order valence-electron chi connectivity index (χ1n) is 7.83. The lowest BCUT2D eigenvalue weighted by Gasteiger charge is -2.33. The van der Waals surface area contributed by atoms with E-state index < -0.39 is 5.54 Å². The SMILES string of the molecule is CCNCC(C)CN1C(=O)NC2(CCC(C)CC2)C1=O. The largest absolute Gasteiger partial charge is 0.325 e. The zero-order valence-electron chi connectivity index (χ0n) is 12.9. The fourth-order valence-corrected chi connectivity index (χ4v) is 3.20. The molecule has 1 spiro atoms. The second-order valence-corrected chi connectivity index (χ2v) is 6.52. The molecule has 0 bridgehead atoms. The summed E-state index contributed by atoms with van der Waals surface area (Å²) in [4.78, 5) is 26.2. The second-order valence-electron chi connectivity index (χ2n) is 6.52. The third-order valence-electron chi connectivity index (χ3n) is 4.61. The summed E-state index contributed by atoms with van der Waals surface area (Å²) in [7, 11) is 0. The van der Waals surface area contributed by atoms with Gasteiger partial charge in [-0.15, -0.1) is 0 Å². The molecule has 1 unspecified atom stereocenters. The summed E-state index contributed by atoms with van der Waals surface area (Å²) in [6.07, 6.45) is 3.62. The van der Waals surface area contributed by atoms with Gasteiger partial charge in [0.2, 0.25) is 0 Å². The molecule has 114 valence electrons.